The van der Waals surface area contributed by atoms with E-state index in [4.69, 9.17) is 9.90 Å². The molecule has 0 aromatic carbocycles. The molecule has 0 radical (unpaired) electrons. The molecule has 0 atom stereocenters. The van der Waals surface area contributed by atoms with Gasteiger partial charge in [0.05, 0.1) is 6.20 Å². The summed E-state index contributed by atoms with van der Waals surface area (Å²) in [7, 11) is 0. The highest BCUT2D eigenvalue weighted by atomic mass is 16.5. The SMILES string of the molecule is CC(=O)O.c1cnoc1. The molecule has 50 valence electrons. The van der Waals surface area contributed by atoms with E-state index in [2.05, 4.69) is 9.68 Å². The second-order valence-electron chi connectivity index (χ2n) is 1.21. The van der Waals surface area contributed by atoms with E-state index >= 15 is 0 Å². The fourth-order valence-corrected chi connectivity index (χ4v) is 0.176. The monoisotopic (exact) mass is 129 g/mol. The van der Waals surface area contributed by atoms with Gasteiger partial charge in [0.2, 0.25) is 0 Å². The zero-order chi connectivity index (χ0) is 7.11. The average Bonchev–Trinajstić information content (AvgIpc) is 2.11. The van der Waals surface area contributed by atoms with Crippen molar-refractivity contribution >= 4 is 5.97 Å². The molecule has 1 rings (SSSR count). The Bertz CT molecular complexity index is 126. The summed E-state index contributed by atoms with van der Waals surface area (Å²) in [6.07, 6.45) is 3.10. The van der Waals surface area contributed by atoms with Gasteiger partial charge in [0.25, 0.3) is 5.97 Å². The van der Waals surface area contributed by atoms with Crippen LogP contribution >= 0.6 is 0 Å². The molecule has 9 heavy (non-hydrogen) atoms. The summed E-state index contributed by atoms with van der Waals surface area (Å²) in [6.45, 7) is 1.08. The van der Waals surface area contributed by atoms with E-state index in [1.165, 1.54) is 6.26 Å². The number of hydrogen-bond donors (Lipinski definition) is 1. The first-order chi connectivity index (χ1) is 4.23. The lowest BCUT2D eigenvalue weighted by Gasteiger charge is -1.59. The Morgan fingerprint density at radius 2 is 2.33 bits per heavy atom. The van der Waals surface area contributed by atoms with Crippen molar-refractivity contribution < 1.29 is 14.4 Å². The molecule has 0 bridgehead atoms. The molecule has 0 fully saturated rings. The lowest BCUT2D eigenvalue weighted by atomic mass is 10.8. The fourth-order valence-electron chi connectivity index (χ4n) is 0.176. The molecule has 1 heterocycles. The van der Waals surface area contributed by atoms with E-state index in [-0.39, 0.29) is 0 Å². The lowest BCUT2D eigenvalue weighted by Crippen LogP contribution is -1.78. The zero-order valence-electron chi connectivity index (χ0n) is 4.94. The molecule has 0 aliphatic rings. The molecule has 0 aliphatic carbocycles. The van der Waals surface area contributed by atoms with Crippen LogP contribution in [0.4, 0.5) is 0 Å². The number of rotatable bonds is 0. The molecular weight excluding hydrogens is 122 g/mol. The first kappa shape index (κ1) is 7.68. The third kappa shape index (κ3) is 10.8. The Balaban J connectivity index is 0.000000148. The van der Waals surface area contributed by atoms with Crippen molar-refractivity contribution in [2.45, 2.75) is 6.92 Å². The minimum Gasteiger partial charge on any atom is -0.481 e. The topological polar surface area (TPSA) is 63.3 Å². The van der Waals surface area contributed by atoms with Gasteiger partial charge in [-0.15, -0.1) is 0 Å². The first-order valence-corrected chi connectivity index (χ1v) is 2.27. The van der Waals surface area contributed by atoms with Crippen LogP contribution in [0.3, 0.4) is 0 Å². The molecule has 1 N–H and O–H groups in total. The van der Waals surface area contributed by atoms with E-state index in [0.717, 1.165) is 6.92 Å². The van der Waals surface area contributed by atoms with Gasteiger partial charge in [0, 0.05) is 6.92 Å². The summed E-state index contributed by atoms with van der Waals surface area (Å²) < 4.78 is 4.33. The predicted molar refractivity (Wildman–Crippen MR) is 29.8 cm³/mol. The van der Waals surface area contributed by atoms with Crippen LogP contribution in [0, 0.1) is 0 Å². The standard InChI is InChI=1S/C3H3NO.C2H4O2/c1-2-4-5-3-1;1-2(3)4/h1-3H;1H3,(H,3,4). The van der Waals surface area contributed by atoms with Gasteiger partial charge in [0.1, 0.15) is 6.26 Å². The molecule has 4 nitrogen and oxygen atoms in total. The summed E-state index contributed by atoms with van der Waals surface area (Å²) in [5, 5.41) is 10.8. The Morgan fingerprint density at radius 3 is 2.44 bits per heavy atom. The van der Waals surface area contributed by atoms with Gasteiger partial charge in [-0.05, 0) is 6.07 Å². The minimum atomic E-state index is -0.833. The fraction of sp³-hybridized carbons (Fsp3) is 0.200. The maximum atomic E-state index is 9.00. The largest absolute Gasteiger partial charge is 0.481 e. The molecule has 0 amide bonds. The lowest BCUT2D eigenvalue weighted by molar-refractivity contribution is -0.134. The minimum absolute atomic E-state index is 0.833. The third-order valence-corrected chi connectivity index (χ3v) is 0.347. The van der Waals surface area contributed by atoms with E-state index < -0.39 is 5.97 Å². The zero-order valence-corrected chi connectivity index (χ0v) is 4.94. The van der Waals surface area contributed by atoms with E-state index in [1.54, 1.807) is 12.3 Å². The van der Waals surface area contributed by atoms with Gasteiger partial charge in [-0.1, -0.05) is 5.16 Å². The Kier molecular flexibility index (Phi) is 4.12. The summed E-state index contributed by atoms with van der Waals surface area (Å²) >= 11 is 0. The van der Waals surface area contributed by atoms with Crippen LogP contribution in [-0.2, 0) is 4.79 Å². The van der Waals surface area contributed by atoms with Crippen LogP contribution in [0.2, 0.25) is 0 Å². The summed E-state index contributed by atoms with van der Waals surface area (Å²) in [4.78, 5) is 9.00. The second-order valence-corrected chi connectivity index (χ2v) is 1.21. The first-order valence-electron chi connectivity index (χ1n) is 2.27. The number of nitrogens with zero attached hydrogens (tertiary/aromatic N) is 1. The highest BCUT2D eigenvalue weighted by Crippen LogP contribution is 1.72. The summed E-state index contributed by atoms with van der Waals surface area (Å²) in [6, 6.07) is 1.72. The van der Waals surface area contributed by atoms with E-state index in [9.17, 15) is 0 Å². The van der Waals surface area contributed by atoms with Crippen molar-refractivity contribution in [1.82, 2.24) is 5.16 Å². The van der Waals surface area contributed by atoms with Crippen LogP contribution in [0.15, 0.2) is 23.0 Å². The van der Waals surface area contributed by atoms with Crippen molar-refractivity contribution in [3.63, 3.8) is 0 Å². The van der Waals surface area contributed by atoms with Crippen LogP contribution in [0.1, 0.15) is 6.92 Å². The average molecular weight is 129 g/mol. The maximum Gasteiger partial charge on any atom is 0.300 e. The van der Waals surface area contributed by atoms with Crippen LogP contribution in [0.25, 0.3) is 0 Å². The van der Waals surface area contributed by atoms with Crippen LogP contribution < -0.4 is 0 Å². The van der Waals surface area contributed by atoms with E-state index in [0.29, 0.717) is 0 Å². The number of aromatic nitrogens is 1. The number of carboxylic acid groups (broad SMARTS) is 1. The predicted octanol–water partition coefficient (Wildman–Crippen LogP) is 0.765. The molecule has 0 saturated carbocycles. The van der Waals surface area contributed by atoms with Crippen LogP contribution in [-0.4, -0.2) is 16.2 Å². The van der Waals surface area contributed by atoms with Gasteiger partial charge in [-0.3, -0.25) is 4.79 Å². The summed E-state index contributed by atoms with van der Waals surface area (Å²) in [5.74, 6) is -0.833. The molecule has 1 aromatic rings. The molecule has 0 saturated heterocycles. The van der Waals surface area contributed by atoms with Gasteiger partial charge < -0.3 is 9.63 Å². The number of aliphatic carboxylic acids is 1. The van der Waals surface area contributed by atoms with Gasteiger partial charge >= 0.3 is 0 Å². The van der Waals surface area contributed by atoms with Gasteiger partial charge in [-0.2, -0.15) is 0 Å². The Hall–Kier alpha value is -1.32. The molecule has 1 aromatic heterocycles. The Morgan fingerprint density at radius 1 is 1.78 bits per heavy atom. The molecule has 4 heteroatoms. The molecule has 0 unspecified atom stereocenters. The maximum absolute atomic E-state index is 9.00. The quantitative estimate of drug-likeness (QED) is 0.561. The number of hydrogen-bond acceptors (Lipinski definition) is 3. The van der Waals surface area contributed by atoms with Crippen molar-refractivity contribution in [3.8, 4) is 0 Å². The highest BCUT2D eigenvalue weighted by Gasteiger charge is 1.65. The van der Waals surface area contributed by atoms with Crippen molar-refractivity contribution in [2.75, 3.05) is 0 Å². The van der Waals surface area contributed by atoms with Crippen LogP contribution in [0.5, 0.6) is 0 Å². The number of carbonyl (C=O) groups is 1. The van der Waals surface area contributed by atoms with Gasteiger partial charge in [0.15, 0.2) is 0 Å². The van der Waals surface area contributed by atoms with Gasteiger partial charge in [-0.25, -0.2) is 0 Å². The second kappa shape index (κ2) is 4.83. The third-order valence-electron chi connectivity index (χ3n) is 0.347. The Labute approximate surface area is 52.1 Å². The smallest absolute Gasteiger partial charge is 0.300 e. The normalized spacial score (nSPS) is 7.22. The summed E-state index contributed by atoms with van der Waals surface area (Å²) in [5.41, 5.74) is 0. The van der Waals surface area contributed by atoms with E-state index in [1.807, 2.05) is 0 Å². The number of carboxylic acids is 1. The van der Waals surface area contributed by atoms with Crippen molar-refractivity contribution in [1.29, 1.82) is 0 Å². The molecular formula is C5H7NO3. The van der Waals surface area contributed by atoms with Crippen molar-refractivity contribution in [2.24, 2.45) is 0 Å². The highest BCUT2D eigenvalue weighted by molar-refractivity contribution is 5.62. The molecule has 0 spiro atoms. The van der Waals surface area contributed by atoms with Crippen molar-refractivity contribution in [3.05, 3.63) is 18.5 Å². The molecule has 0 aliphatic heterocycles.